The normalized spacial score (nSPS) is 16.0. The molecular weight excluding hydrogens is 602 g/mol. The van der Waals surface area contributed by atoms with Crippen molar-refractivity contribution in [3.8, 4) is 17.0 Å². The highest BCUT2D eigenvalue weighted by Crippen LogP contribution is 2.59. The highest BCUT2D eigenvalue weighted by atomic mass is 32.2. The predicted octanol–water partition coefficient (Wildman–Crippen LogP) is 7.26. The topological polar surface area (TPSA) is 80.5 Å². The van der Waals surface area contributed by atoms with Crippen LogP contribution in [0.2, 0.25) is 0 Å². The van der Waals surface area contributed by atoms with Crippen molar-refractivity contribution in [2.75, 3.05) is 19.0 Å². The Morgan fingerprint density at radius 2 is 1.93 bits per heavy atom. The fourth-order valence-corrected chi connectivity index (χ4v) is 7.40. The van der Waals surface area contributed by atoms with Gasteiger partial charge in [0.15, 0.2) is 17.2 Å². The lowest BCUT2D eigenvalue weighted by Gasteiger charge is -2.29. The number of amides is 1. The van der Waals surface area contributed by atoms with Crippen LogP contribution in [-0.2, 0) is 4.08 Å². The van der Waals surface area contributed by atoms with E-state index in [1.54, 1.807) is 41.0 Å². The number of imidazole rings is 1. The number of rotatable bonds is 9. The monoisotopic (exact) mass is 629 g/mol. The van der Waals surface area contributed by atoms with E-state index in [4.69, 9.17) is 9.84 Å². The molecule has 43 heavy (non-hydrogen) atoms. The van der Waals surface area contributed by atoms with Gasteiger partial charge in [0.1, 0.15) is 4.08 Å². The molecule has 13 heteroatoms. The van der Waals surface area contributed by atoms with E-state index < -0.39 is 22.5 Å². The molecule has 0 radical (unpaired) electrons. The summed E-state index contributed by atoms with van der Waals surface area (Å²) in [5, 5.41) is 14.6. The Balaban J connectivity index is 1.48. The summed E-state index contributed by atoms with van der Waals surface area (Å²) >= 11 is 2.78. The van der Waals surface area contributed by atoms with Crippen LogP contribution < -0.4 is 15.4 Å². The number of carbonyl (C=O) groups is 1. The smallest absolute Gasteiger partial charge is 0.390 e. The van der Waals surface area contributed by atoms with Gasteiger partial charge in [-0.15, -0.1) is 23.5 Å². The van der Waals surface area contributed by atoms with Crippen molar-refractivity contribution >= 4 is 40.8 Å². The molecule has 2 aromatic heterocycles. The number of methoxy groups -OCH3 is 1. The van der Waals surface area contributed by atoms with Gasteiger partial charge in [-0.1, -0.05) is 18.2 Å². The number of fused-ring (bicyclic) bond motifs is 1. The first-order chi connectivity index (χ1) is 20.6. The van der Waals surface area contributed by atoms with Crippen LogP contribution in [0.1, 0.15) is 46.4 Å². The van der Waals surface area contributed by atoms with Gasteiger partial charge in [-0.3, -0.25) is 4.79 Å². The van der Waals surface area contributed by atoms with E-state index in [1.807, 2.05) is 23.8 Å². The highest BCUT2D eigenvalue weighted by Gasteiger charge is 2.43. The number of hydrogen-bond donors (Lipinski definition) is 2. The lowest BCUT2D eigenvalue weighted by Crippen LogP contribution is -2.26. The van der Waals surface area contributed by atoms with Crippen LogP contribution in [0, 0.1) is 12.7 Å². The van der Waals surface area contributed by atoms with Gasteiger partial charge in [-0.2, -0.15) is 18.3 Å². The summed E-state index contributed by atoms with van der Waals surface area (Å²) in [5.41, 5.74) is 4.28. The largest absolute Gasteiger partial charge is 0.493 e. The molecule has 0 spiro atoms. The van der Waals surface area contributed by atoms with Crippen LogP contribution in [0.4, 0.5) is 23.2 Å². The minimum Gasteiger partial charge on any atom is -0.493 e. The van der Waals surface area contributed by atoms with E-state index in [0.717, 1.165) is 24.0 Å². The Morgan fingerprint density at radius 1 is 1.16 bits per heavy atom. The first-order valence-electron chi connectivity index (χ1n) is 13.5. The molecule has 2 N–H and O–H groups in total. The second-order valence-corrected chi connectivity index (χ2v) is 12.8. The lowest BCUT2D eigenvalue weighted by molar-refractivity contribution is -0.131. The number of para-hydroxylation sites is 1. The number of aryl methyl sites for hydroxylation is 1. The van der Waals surface area contributed by atoms with Crippen molar-refractivity contribution in [2.24, 2.45) is 0 Å². The Bertz CT molecular complexity index is 1730. The van der Waals surface area contributed by atoms with Gasteiger partial charge in [0, 0.05) is 29.3 Å². The molecule has 2 aliphatic rings. The maximum atomic E-state index is 14.9. The third-order valence-corrected chi connectivity index (χ3v) is 10.1. The molecule has 1 aliphatic heterocycles. The number of nitrogens with zero attached hydrogens (tertiary/aromatic N) is 3. The number of hydrogen-bond acceptors (Lipinski definition) is 7. The van der Waals surface area contributed by atoms with E-state index in [1.165, 1.54) is 36.7 Å². The van der Waals surface area contributed by atoms with Crippen LogP contribution in [0.15, 0.2) is 59.5 Å². The Labute approximate surface area is 253 Å². The van der Waals surface area contributed by atoms with Crippen LogP contribution in [-0.4, -0.2) is 46.4 Å². The SMILES string of the molecule is COc1c(F)cccc1C1(c2cc(NCCC(F)(F)F)c3ncc(-c4ccc(C(=O)NC5CC5)c(C)c4)n3n2)SC=CS1. The number of thioether (sulfide) groups is 2. The van der Waals surface area contributed by atoms with Gasteiger partial charge in [-0.25, -0.2) is 13.9 Å². The molecule has 2 aromatic carbocycles. The zero-order valence-electron chi connectivity index (χ0n) is 23.2. The minimum atomic E-state index is -4.35. The molecular formula is C30H27F4N5O2S2. The van der Waals surface area contributed by atoms with E-state index in [-0.39, 0.29) is 24.2 Å². The minimum absolute atomic E-state index is 0.0567. The molecule has 1 fully saturated rings. The van der Waals surface area contributed by atoms with Crippen molar-refractivity contribution in [3.63, 3.8) is 0 Å². The van der Waals surface area contributed by atoms with Crippen molar-refractivity contribution in [1.29, 1.82) is 0 Å². The molecule has 4 aromatic rings. The number of nitrogens with one attached hydrogen (secondary N) is 2. The van der Waals surface area contributed by atoms with Crippen LogP contribution in [0.5, 0.6) is 5.75 Å². The zero-order valence-corrected chi connectivity index (χ0v) is 24.8. The molecule has 0 saturated heterocycles. The molecule has 224 valence electrons. The van der Waals surface area contributed by atoms with E-state index >= 15 is 0 Å². The van der Waals surface area contributed by atoms with Gasteiger partial charge >= 0.3 is 6.18 Å². The first-order valence-corrected chi connectivity index (χ1v) is 15.3. The molecule has 0 atom stereocenters. The third-order valence-electron chi connectivity index (χ3n) is 7.26. The molecule has 6 rings (SSSR count). The summed E-state index contributed by atoms with van der Waals surface area (Å²) in [6, 6.07) is 11.9. The van der Waals surface area contributed by atoms with Crippen molar-refractivity contribution in [1.82, 2.24) is 19.9 Å². The zero-order chi connectivity index (χ0) is 30.4. The number of benzene rings is 2. The van der Waals surface area contributed by atoms with E-state index in [2.05, 4.69) is 15.6 Å². The maximum Gasteiger partial charge on any atom is 0.390 e. The van der Waals surface area contributed by atoms with Crippen LogP contribution >= 0.6 is 23.5 Å². The second-order valence-electron chi connectivity index (χ2n) is 10.3. The summed E-state index contributed by atoms with van der Waals surface area (Å²) in [4.78, 5) is 17.2. The first kappa shape index (κ1) is 29.4. The molecule has 1 saturated carbocycles. The molecule has 7 nitrogen and oxygen atoms in total. The summed E-state index contributed by atoms with van der Waals surface area (Å²) in [6.45, 7) is 1.48. The number of anilines is 1. The maximum absolute atomic E-state index is 14.9. The summed E-state index contributed by atoms with van der Waals surface area (Å²) in [5.74, 6) is -0.613. The lowest BCUT2D eigenvalue weighted by atomic mass is 10.0. The number of alkyl halides is 3. The number of carbonyl (C=O) groups excluding carboxylic acids is 1. The van der Waals surface area contributed by atoms with Gasteiger partial charge in [0.05, 0.1) is 36.8 Å². The van der Waals surface area contributed by atoms with Crippen LogP contribution in [0.3, 0.4) is 0 Å². The Kier molecular flexibility index (Phi) is 7.80. The van der Waals surface area contributed by atoms with Crippen molar-refractivity contribution in [2.45, 2.75) is 42.5 Å². The van der Waals surface area contributed by atoms with E-state index in [0.29, 0.717) is 33.8 Å². The number of aromatic nitrogens is 3. The average Bonchev–Trinajstić information content (AvgIpc) is 3.45. The number of ether oxygens (including phenoxy) is 1. The fraction of sp³-hybridized carbons (Fsp3) is 0.300. The Hall–Kier alpha value is -3.71. The molecule has 3 heterocycles. The summed E-state index contributed by atoms with van der Waals surface area (Å²) < 4.78 is 60.1. The quantitative estimate of drug-likeness (QED) is 0.189. The standard InChI is InChI=1S/C30H27F4N5O2S2/c1-17-14-18(6-9-20(17)28(40)37-19-7-8-19)24-16-36-27-23(35-11-10-29(32,33)34)15-25(38-39(24)27)30(42-12-13-43-30)21-4-3-5-22(31)26(21)41-2/h3-6,9,12-16,19,35H,7-8,10-11H2,1-2H3,(H,37,40). The van der Waals surface area contributed by atoms with Crippen molar-refractivity contribution < 1.29 is 27.1 Å². The molecule has 0 unspecified atom stereocenters. The second kappa shape index (κ2) is 11.4. The fourth-order valence-electron chi connectivity index (χ4n) is 5.00. The number of halogens is 4. The summed E-state index contributed by atoms with van der Waals surface area (Å²) in [6.07, 6.45) is -1.83. The highest BCUT2D eigenvalue weighted by molar-refractivity contribution is 8.23. The van der Waals surface area contributed by atoms with Gasteiger partial charge in [-0.05, 0) is 60.4 Å². The average molecular weight is 630 g/mol. The Morgan fingerprint density at radius 3 is 2.60 bits per heavy atom. The molecule has 1 amide bonds. The van der Waals surface area contributed by atoms with E-state index in [9.17, 15) is 22.4 Å². The molecule has 0 bridgehead atoms. The van der Waals surface area contributed by atoms with Gasteiger partial charge in [0.25, 0.3) is 5.91 Å². The van der Waals surface area contributed by atoms with Gasteiger partial charge < -0.3 is 15.4 Å². The summed E-state index contributed by atoms with van der Waals surface area (Å²) in [7, 11) is 1.39. The van der Waals surface area contributed by atoms with Gasteiger partial charge in [0.2, 0.25) is 0 Å². The predicted molar refractivity (Wildman–Crippen MR) is 161 cm³/mol. The van der Waals surface area contributed by atoms with Crippen LogP contribution in [0.25, 0.3) is 16.9 Å². The third kappa shape index (κ3) is 5.79. The van der Waals surface area contributed by atoms with Crippen molar-refractivity contribution in [3.05, 3.63) is 87.7 Å². The molecule has 1 aliphatic carbocycles.